The van der Waals surface area contributed by atoms with Crippen LogP contribution in [0.15, 0.2) is 118 Å². The number of Topliss-reactive ketones (excluding diaryl/α,β-unsaturated/α-hetero) is 1. The number of nitrogens with one attached hydrogen (secondary N) is 6. The van der Waals surface area contributed by atoms with Gasteiger partial charge in [-0.3, -0.25) is 38.4 Å². The van der Waals surface area contributed by atoms with Crippen molar-refractivity contribution in [2.24, 2.45) is 11.7 Å². The van der Waals surface area contributed by atoms with Crippen LogP contribution in [0, 0.1) is 12.8 Å². The normalized spacial score (nSPS) is 17.7. The van der Waals surface area contributed by atoms with Crippen LogP contribution >= 0.6 is 68.0 Å². The predicted molar refractivity (Wildman–Crippen MR) is 365 cm³/mol. The van der Waals surface area contributed by atoms with Gasteiger partial charge in [-0.1, -0.05) is 62.5 Å². The molecule has 7 amide bonds. The summed E-state index contributed by atoms with van der Waals surface area (Å²) < 4.78 is 15.6. The molecular formula is C65H58N14O13S6. The number of ether oxygens (including phenoxy) is 3. The van der Waals surface area contributed by atoms with Crippen molar-refractivity contribution < 1.29 is 62.2 Å². The molecule has 0 unspecified atom stereocenters. The van der Waals surface area contributed by atoms with E-state index in [9.17, 15) is 43.2 Å². The molecule has 502 valence electrons. The van der Waals surface area contributed by atoms with Crippen LogP contribution in [-0.4, -0.2) is 120 Å². The number of aryl methyl sites for hydroxylation is 1. The number of hydrogen-bond donors (Lipinski definition) is 7. The molecule has 11 rings (SSSR count). The van der Waals surface area contributed by atoms with E-state index in [1.54, 1.807) is 72.3 Å². The molecule has 0 saturated carbocycles. The zero-order valence-electron chi connectivity index (χ0n) is 52.5. The quantitative estimate of drug-likeness (QED) is 0.0197. The molecular weight excluding hydrogens is 1380 g/mol. The second-order valence-electron chi connectivity index (χ2n) is 22.4. The Morgan fingerprint density at radius 3 is 1.98 bits per heavy atom. The molecule has 1 saturated heterocycles. The largest absolute Gasteiger partial charge is 0.464 e. The third-order valence-electron chi connectivity index (χ3n) is 15.3. The Morgan fingerprint density at radius 1 is 0.653 bits per heavy atom. The Balaban J connectivity index is 0.994. The highest BCUT2D eigenvalue weighted by Crippen LogP contribution is 2.41. The summed E-state index contributed by atoms with van der Waals surface area (Å²) in [7, 11) is 1.11. The van der Waals surface area contributed by atoms with Gasteiger partial charge in [0.25, 0.3) is 29.5 Å². The lowest BCUT2D eigenvalue weighted by molar-refractivity contribution is -0.137. The number of nitrogens with zero attached hydrogens (tertiary/aromatic N) is 7. The number of ketones is 1. The Kier molecular flexibility index (Phi) is 21.1. The van der Waals surface area contributed by atoms with Crippen molar-refractivity contribution in [3.63, 3.8) is 0 Å². The lowest BCUT2D eigenvalue weighted by Crippen LogP contribution is -2.50. The monoisotopic (exact) mass is 1430 g/mol. The molecule has 9 aromatic rings. The fraction of sp³-hybridized carbons (Fsp3) is 0.246. The summed E-state index contributed by atoms with van der Waals surface area (Å²) in [5, 5.41) is 26.4. The van der Waals surface area contributed by atoms with Gasteiger partial charge < -0.3 is 56.6 Å². The van der Waals surface area contributed by atoms with Crippen molar-refractivity contribution >= 4 is 127 Å². The average Bonchev–Trinajstić information content (AvgIpc) is 1.58. The third kappa shape index (κ3) is 16.2. The van der Waals surface area contributed by atoms with Gasteiger partial charge in [0, 0.05) is 68.9 Å². The molecule has 9 heterocycles. The van der Waals surface area contributed by atoms with Crippen LogP contribution in [0.2, 0.25) is 0 Å². The maximum atomic E-state index is 15.1. The highest BCUT2D eigenvalue weighted by molar-refractivity contribution is 7.15. The van der Waals surface area contributed by atoms with Gasteiger partial charge in [0.15, 0.2) is 0 Å². The van der Waals surface area contributed by atoms with Gasteiger partial charge in [-0.25, -0.2) is 39.7 Å². The third-order valence-corrected chi connectivity index (χ3v) is 20.8. The van der Waals surface area contributed by atoms with Crippen LogP contribution in [-0.2, 0) is 44.7 Å². The van der Waals surface area contributed by atoms with Crippen LogP contribution in [0.25, 0.3) is 43.4 Å². The van der Waals surface area contributed by atoms with Gasteiger partial charge in [0.1, 0.15) is 93.2 Å². The minimum Gasteiger partial charge on any atom is -0.464 e. The zero-order chi connectivity index (χ0) is 69.6. The van der Waals surface area contributed by atoms with Crippen molar-refractivity contribution in [3.05, 3.63) is 172 Å². The Morgan fingerprint density at radius 2 is 1.29 bits per heavy atom. The summed E-state index contributed by atoms with van der Waals surface area (Å²) in [6.45, 7) is 13.7. The number of rotatable bonds is 17. The molecule has 33 heteroatoms. The first kappa shape index (κ1) is 69.1. The van der Waals surface area contributed by atoms with Gasteiger partial charge in [-0.15, -0.1) is 68.0 Å². The SMILES string of the molecule is C=C(NC(=O)c1csc(-c2ccc3c(n2)-c2csc(n2)-c2csc(n2)[C@H]([C@@H](C)[C@@H]2CO2)NC(=O)[C@H](Cc2ccc(OC(C)=O)cc2)NC(=O)c2csc(n2)[C@H]([C@H](CC(C)=O)c2ccccc2)NC(=O)c2nc(sc2C)[C@H](CC(N)=O)NC(=O)c2csc-3n2)n1)C(=O)NC(=C)C(=O)OC. The number of benzene rings is 2. The Bertz CT molecular complexity index is 4650. The van der Waals surface area contributed by atoms with E-state index in [2.05, 4.69) is 54.8 Å². The number of fused-ring (bicyclic) bond motifs is 14. The summed E-state index contributed by atoms with van der Waals surface area (Å²) >= 11 is 6.75. The summed E-state index contributed by atoms with van der Waals surface area (Å²) in [4.78, 5) is 169. The van der Waals surface area contributed by atoms with Crippen LogP contribution in [0.3, 0.4) is 0 Å². The maximum absolute atomic E-state index is 15.1. The standard InChI is InChI=1S/C65H58N14O13S6/c1-28(80)19-38(35-11-9-8-10-12-35)52-64-75-45(26-96-64)56(86)70-40(20-34-13-15-36(16-14-34)92-33(6)81)54(84)77-49(29(2)47-22-91-47)63-76-46(27-97-63)61-72-42(23-94-61)51-37(17-18-39(69-51)60-74-43(25-95-60)55(85)67-30(3)53(83)68-31(4)65(89)90-7)59-73-44(24-93-59)57(87)71-41(21-48(66)82)62-79-50(32(5)98-62)58(88)78-52/h8-18,23-27,29,38,40-41,47,49,52H,3-4,19-22H2,1-2,5-7H3,(H2,66,82)(H,67,85)(H,68,83)(H,70,86)(H,71,87)(H,77,84)(H,78,88)/t29-,38+,40-,41-,47-,49-,52-/m0/s1. The maximum Gasteiger partial charge on any atom is 0.353 e. The number of methoxy groups -OCH3 is 1. The van der Waals surface area contributed by atoms with E-state index < -0.39 is 95.5 Å². The highest BCUT2D eigenvalue weighted by Gasteiger charge is 2.40. The van der Waals surface area contributed by atoms with Gasteiger partial charge in [0.2, 0.25) is 11.8 Å². The molecule has 27 nitrogen and oxygen atoms in total. The Hall–Kier alpha value is -10.3. The number of hydrogen-bond acceptors (Lipinski definition) is 26. The first-order chi connectivity index (χ1) is 47.0. The van der Waals surface area contributed by atoms with Crippen LogP contribution in [0.1, 0.15) is 131 Å². The number of esters is 2. The molecule has 2 aliphatic heterocycles. The molecule has 7 atom stereocenters. The van der Waals surface area contributed by atoms with Crippen molar-refractivity contribution in [1.29, 1.82) is 0 Å². The van der Waals surface area contributed by atoms with Crippen molar-refractivity contribution in [3.8, 4) is 49.1 Å². The summed E-state index contributed by atoms with van der Waals surface area (Å²) in [6, 6.07) is 14.5. The number of aromatic nitrogens is 7. The van der Waals surface area contributed by atoms with E-state index in [1.807, 2.05) is 19.1 Å². The molecule has 8 N–H and O–H groups in total. The van der Waals surface area contributed by atoms with Crippen molar-refractivity contribution in [1.82, 2.24) is 66.8 Å². The number of carbonyl (C=O) groups excluding carboxylic acids is 10. The van der Waals surface area contributed by atoms with E-state index in [0.29, 0.717) is 54.6 Å². The number of thiazole rings is 6. The second kappa shape index (κ2) is 30.0. The number of amides is 7. The molecule has 2 aromatic carbocycles. The Labute approximate surface area is 581 Å². The number of primary amides is 1. The predicted octanol–water partition coefficient (Wildman–Crippen LogP) is 7.90. The van der Waals surface area contributed by atoms with Gasteiger partial charge in [0.05, 0.1) is 55.8 Å². The number of epoxide rings is 1. The highest BCUT2D eigenvalue weighted by atomic mass is 32.1. The fourth-order valence-electron chi connectivity index (χ4n) is 10.3. The minimum absolute atomic E-state index is 0.0555. The number of carbonyl (C=O) groups is 10. The second-order valence-corrected chi connectivity index (χ2v) is 28.0. The van der Waals surface area contributed by atoms with Crippen molar-refractivity contribution in [2.75, 3.05) is 13.7 Å². The molecule has 10 bridgehead atoms. The lowest BCUT2D eigenvalue weighted by atomic mass is 9.87. The molecule has 7 aromatic heterocycles. The number of pyridine rings is 1. The zero-order valence-corrected chi connectivity index (χ0v) is 57.4. The average molecular weight is 1440 g/mol. The van der Waals surface area contributed by atoms with E-state index >= 15 is 4.79 Å². The van der Waals surface area contributed by atoms with E-state index in [4.69, 9.17) is 45.1 Å². The van der Waals surface area contributed by atoms with Gasteiger partial charge >= 0.3 is 11.9 Å². The van der Waals surface area contributed by atoms with E-state index in [1.165, 1.54) is 52.7 Å². The van der Waals surface area contributed by atoms with Gasteiger partial charge in [-0.2, -0.15) is 0 Å². The van der Waals surface area contributed by atoms with Crippen LogP contribution < -0.4 is 42.4 Å². The fourth-order valence-corrected chi connectivity index (χ4v) is 15.6. The number of nitrogens with two attached hydrogens (primary N) is 1. The van der Waals surface area contributed by atoms with Crippen molar-refractivity contribution in [2.45, 2.75) is 83.1 Å². The molecule has 2 aliphatic rings. The molecule has 0 radical (unpaired) electrons. The molecule has 98 heavy (non-hydrogen) atoms. The van der Waals surface area contributed by atoms with Crippen LogP contribution in [0.5, 0.6) is 5.75 Å². The lowest BCUT2D eigenvalue weighted by Gasteiger charge is -2.26. The molecule has 0 spiro atoms. The summed E-state index contributed by atoms with van der Waals surface area (Å²) in [6.07, 6.45) is -0.818. The summed E-state index contributed by atoms with van der Waals surface area (Å²) in [5.74, 6) is -7.76. The van der Waals surface area contributed by atoms with E-state index in [-0.39, 0.29) is 91.3 Å². The smallest absolute Gasteiger partial charge is 0.353 e. The minimum atomic E-state index is -1.27. The van der Waals surface area contributed by atoms with Crippen LogP contribution in [0.4, 0.5) is 0 Å². The van der Waals surface area contributed by atoms with E-state index in [0.717, 1.165) is 52.5 Å². The summed E-state index contributed by atoms with van der Waals surface area (Å²) in [5.41, 5.74) is 7.65. The molecule has 0 aliphatic carbocycles. The first-order valence-electron chi connectivity index (χ1n) is 29.8. The first-order valence-corrected chi connectivity index (χ1v) is 35.0. The topological polar surface area (TPSA) is 390 Å². The molecule has 1 fully saturated rings. The van der Waals surface area contributed by atoms with Gasteiger partial charge in [-0.05, 0) is 49.2 Å².